The predicted octanol–water partition coefficient (Wildman–Crippen LogP) is 1.91. The van der Waals surface area contributed by atoms with Gasteiger partial charge < -0.3 is 29.2 Å². The summed E-state index contributed by atoms with van der Waals surface area (Å²) in [5.41, 5.74) is 0.287. The quantitative estimate of drug-likeness (QED) is 0.726. The lowest BCUT2D eigenvalue weighted by atomic mass is 9.64. The molecule has 4 rings (SSSR count). The number of methoxy groups -OCH3 is 1. The minimum Gasteiger partial charge on any atom is -0.492 e. The molecule has 1 aromatic rings. The maximum atomic E-state index is 11.4. The SMILES string of the molecule is COCCCc1ccc2c(c1)C1(COC(N(C(=O)O)C(=O)O)=N1)C1(COC1)CO2. The number of imide groups is 1. The number of amidine groups is 1. The Morgan fingerprint density at radius 3 is 2.55 bits per heavy atom. The lowest BCUT2D eigenvalue weighted by molar-refractivity contribution is -0.185. The number of rotatable bonds is 4. The number of hydrogen-bond donors (Lipinski definition) is 2. The molecule has 156 valence electrons. The molecule has 0 aromatic heterocycles. The van der Waals surface area contributed by atoms with Crippen molar-refractivity contribution in [3.63, 3.8) is 0 Å². The molecular weight excluding hydrogens is 384 g/mol. The third-order valence-corrected chi connectivity index (χ3v) is 5.71. The van der Waals surface area contributed by atoms with Crippen LogP contribution in [0.5, 0.6) is 5.75 Å². The number of fused-ring (bicyclic) bond motifs is 3. The number of carbonyl (C=O) groups is 2. The molecule has 0 bridgehead atoms. The van der Waals surface area contributed by atoms with E-state index in [0.29, 0.717) is 32.2 Å². The van der Waals surface area contributed by atoms with Crippen molar-refractivity contribution in [3.8, 4) is 5.75 Å². The fourth-order valence-corrected chi connectivity index (χ4v) is 4.06. The average Bonchev–Trinajstić information content (AvgIpc) is 3.06. The third kappa shape index (κ3) is 2.99. The normalized spacial score (nSPS) is 23.6. The first-order valence-corrected chi connectivity index (χ1v) is 9.24. The van der Waals surface area contributed by atoms with Crippen LogP contribution in [0.3, 0.4) is 0 Å². The number of aliphatic imine (C=N–C) groups is 1. The van der Waals surface area contributed by atoms with Gasteiger partial charge in [-0.25, -0.2) is 14.6 Å². The summed E-state index contributed by atoms with van der Waals surface area (Å²) in [6, 6.07) is 5.37. The molecule has 2 N–H and O–H groups in total. The minimum absolute atomic E-state index is 0.0145. The molecule has 0 saturated carbocycles. The van der Waals surface area contributed by atoms with Gasteiger partial charge in [0.25, 0.3) is 0 Å². The Labute approximate surface area is 166 Å². The lowest BCUT2D eigenvalue weighted by Crippen LogP contribution is -2.63. The van der Waals surface area contributed by atoms with Gasteiger partial charge in [0.2, 0.25) is 0 Å². The highest BCUT2D eigenvalue weighted by Gasteiger charge is 2.64. The molecule has 1 unspecified atom stereocenters. The lowest BCUT2D eigenvalue weighted by Gasteiger charge is -2.53. The van der Waals surface area contributed by atoms with Crippen LogP contribution >= 0.6 is 0 Å². The van der Waals surface area contributed by atoms with Crippen LogP contribution in [0, 0.1) is 5.41 Å². The Balaban J connectivity index is 1.78. The van der Waals surface area contributed by atoms with Crippen LogP contribution in [0.25, 0.3) is 0 Å². The number of nitrogens with zero attached hydrogens (tertiary/aromatic N) is 2. The zero-order valence-corrected chi connectivity index (χ0v) is 15.9. The highest BCUT2D eigenvalue weighted by molar-refractivity contribution is 6.05. The summed E-state index contributed by atoms with van der Waals surface area (Å²) in [4.78, 5) is 27.5. The molecule has 3 aliphatic heterocycles. The summed E-state index contributed by atoms with van der Waals surface area (Å²) >= 11 is 0. The maximum Gasteiger partial charge on any atom is 0.425 e. The van der Waals surface area contributed by atoms with Crippen LogP contribution in [0.1, 0.15) is 17.5 Å². The molecular formula is C19H22N2O8. The number of amides is 2. The zero-order valence-electron chi connectivity index (χ0n) is 15.9. The van der Waals surface area contributed by atoms with Gasteiger partial charge in [0.05, 0.1) is 18.6 Å². The van der Waals surface area contributed by atoms with Crippen molar-refractivity contribution in [3.05, 3.63) is 29.3 Å². The van der Waals surface area contributed by atoms with Gasteiger partial charge in [-0.05, 0) is 30.5 Å². The molecule has 3 aliphatic rings. The first-order valence-electron chi connectivity index (χ1n) is 9.24. The van der Waals surface area contributed by atoms with E-state index in [9.17, 15) is 19.8 Å². The molecule has 1 fully saturated rings. The molecule has 2 spiro atoms. The topological polar surface area (TPSA) is 127 Å². The third-order valence-electron chi connectivity index (χ3n) is 5.71. The van der Waals surface area contributed by atoms with Gasteiger partial charge in [0.15, 0.2) is 0 Å². The van der Waals surface area contributed by atoms with E-state index >= 15 is 0 Å². The molecule has 2 amide bonds. The Morgan fingerprint density at radius 2 is 1.93 bits per heavy atom. The van der Waals surface area contributed by atoms with Crippen molar-refractivity contribution in [2.24, 2.45) is 10.4 Å². The van der Waals surface area contributed by atoms with E-state index in [4.69, 9.17) is 18.9 Å². The number of carboxylic acid groups (broad SMARTS) is 2. The Morgan fingerprint density at radius 1 is 1.17 bits per heavy atom. The van der Waals surface area contributed by atoms with Crippen molar-refractivity contribution >= 4 is 18.2 Å². The molecule has 3 heterocycles. The molecule has 29 heavy (non-hydrogen) atoms. The van der Waals surface area contributed by atoms with Crippen LogP contribution < -0.4 is 4.74 Å². The first kappa shape index (κ1) is 19.5. The van der Waals surface area contributed by atoms with Crippen molar-refractivity contribution in [1.82, 2.24) is 4.90 Å². The molecule has 1 atom stereocenters. The Kier molecular flexibility index (Phi) is 4.83. The van der Waals surface area contributed by atoms with Gasteiger partial charge in [0, 0.05) is 19.3 Å². The average molecular weight is 406 g/mol. The fourth-order valence-electron chi connectivity index (χ4n) is 4.06. The fraction of sp³-hybridized carbons (Fsp3) is 0.526. The monoisotopic (exact) mass is 406 g/mol. The van der Waals surface area contributed by atoms with Crippen LogP contribution in [0.2, 0.25) is 0 Å². The first-order chi connectivity index (χ1) is 13.9. The summed E-state index contributed by atoms with van der Waals surface area (Å²) in [5.74, 6) is 0.629. The van der Waals surface area contributed by atoms with Crippen molar-refractivity contribution < 1.29 is 38.7 Å². The summed E-state index contributed by atoms with van der Waals surface area (Å²) in [7, 11) is 1.65. The van der Waals surface area contributed by atoms with Crippen molar-refractivity contribution in [2.45, 2.75) is 18.4 Å². The molecule has 1 saturated heterocycles. The van der Waals surface area contributed by atoms with E-state index in [-0.39, 0.29) is 11.5 Å². The number of benzene rings is 1. The Hall–Kier alpha value is -2.85. The number of ether oxygens (including phenoxy) is 4. The van der Waals surface area contributed by atoms with E-state index in [1.807, 2.05) is 18.2 Å². The predicted molar refractivity (Wildman–Crippen MR) is 98.3 cm³/mol. The largest absolute Gasteiger partial charge is 0.492 e. The van der Waals surface area contributed by atoms with E-state index < -0.39 is 29.2 Å². The van der Waals surface area contributed by atoms with Crippen LogP contribution in [-0.2, 0) is 26.2 Å². The van der Waals surface area contributed by atoms with Gasteiger partial charge in [0.1, 0.15) is 24.5 Å². The highest BCUT2D eigenvalue weighted by Crippen LogP contribution is 2.56. The molecule has 0 aliphatic carbocycles. The van der Waals surface area contributed by atoms with E-state index in [0.717, 1.165) is 24.0 Å². The molecule has 10 heteroatoms. The summed E-state index contributed by atoms with van der Waals surface area (Å²) < 4.78 is 22.1. The van der Waals surface area contributed by atoms with Gasteiger partial charge in [-0.1, -0.05) is 6.07 Å². The van der Waals surface area contributed by atoms with E-state index in [1.165, 1.54) is 0 Å². The second-order valence-corrected chi connectivity index (χ2v) is 7.43. The van der Waals surface area contributed by atoms with Crippen LogP contribution in [-0.4, -0.2) is 73.5 Å². The van der Waals surface area contributed by atoms with Gasteiger partial charge in [-0.2, -0.15) is 0 Å². The number of hydrogen-bond acceptors (Lipinski definition) is 7. The molecule has 0 radical (unpaired) electrons. The summed E-state index contributed by atoms with van der Waals surface area (Å²) in [6.45, 7) is 1.69. The summed E-state index contributed by atoms with van der Waals surface area (Å²) in [5, 5.41) is 18.6. The standard InChI is InChI=1S/C19H22N2O8/c1-26-6-2-3-12-4-5-14-13(7-12)19(18(10-28-14)8-27-9-18)11-29-15(20-19)21(16(22)23)17(24)25/h4-5,7H,2-3,6,8-11H2,1H3,(H,22,23)(H,24,25). The van der Waals surface area contributed by atoms with Gasteiger partial charge >= 0.3 is 18.2 Å². The second-order valence-electron chi connectivity index (χ2n) is 7.43. The molecule has 10 nitrogen and oxygen atoms in total. The smallest absolute Gasteiger partial charge is 0.425 e. The van der Waals surface area contributed by atoms with Gasteiger partial charge in [-0.3, -0.25) is 0 Å². The van der Waals surface area contributed by atoms with E-state index in [2.05, 4.69) is 4.99 Å². The van der Waals surface area contributed by atoms with E-state index in [1.54, 1.807) is 7.11 Å². The zero-order chi connectivity index (χ0) is 20.6. The maximum absolute atomic E-state index is 11.4. The number of aryl methyl sites for hydroxylation is 1. The second kappa shape index (κ2) is 7.20. The van der Waals surface area contributed by atoms with Crippen molar-refractivity contribution in [2.75, 3.05) is 40.1 Å². The van der Waals surface area contributed by atoms with Crippen LogP contribution in [0.15, 0.2) is 23.2 Å². The summed E-state index contributed by atoms with van der Waals surface area (Å²) in [6.07, 6.45) is -1.72. The van der Waals surface area contributed by atoms with Gasteiger partial charge in [-0.15, -0.1) is 4.90 Å². The van der Waals surface area contributed by atoms with Crippen LogP contribution in [0.4, 0.5) is 9.59 Å². The minimum atomic E-state index is -1.67. The highest BCUT2D eigenvalue weighted by atomic mass is 16.5. The molecule has 1 aromatic carbocycles. The Bertz CT molecular complexity index is 852. The van der Waals surface area contributed by atoms with Crippen molar-refractivity contribution in [1.29, 1.82) is 0 Å².